The Balaban J connectivity index is 0.000000366. The van der Waals surface area contributed by atoms with Crippen LogP contribution in [0.3, 0.4) is 0 Å². The van der Waals surface area contributed by atoms with Crippen molar-refractivity contribution in [3.8, 4) is 0 Å². The number of piperidine rings is 1. The van der Waals surface area contributed by atoms with Gasteiger partial charge in [0.15, 0.2) is 0 Å². The summed E-state index contributed by atoms with van der Waals surface area (Å²) in [6.45, 7) is 7.27. The van der Waals surface area contributed by atoms with E-state index >= 15 is 0 Å². The van der Waals surface area contributed by atoms with Gasteiger partial charge in [-0.05, 0) is 12.8 Å². The summed E-state index contributed by atoms with van der Waals surface area (Å²) >= 11 is 0. The minimum atomic E-state index is -3.75. The van der Waals surface area contributed by atoms with Crippen molar-refractivity contribution in [2.75, 3.05) is 13.1 Å². The van der Waals surface area contributed by atoms with Gasteiger partial charge < -0.3 is 10.5 Å². The van der Waals surface area contributed by atoms with Crippen molar-refractivity contribution in [2.45, 2.75) is 52.1 Å². The average molecular weight is 578 g/mol. The molecule has 1 saturated heterocycles. The van der Waals surface area contributed by atoms with Gasteiger partial charge in [0.2, 0.25) is 0 Å². The van der Waals surface area contributed by atoms with Crippen LogP contribution in [0.15, 0.2) is 72.8 Å². The molecule has 0 amide bonds. The zero-order valence-corrected chi connectivity index (χ0v) is 23.1. The van der Waals surface area contributed by atoms with Crippen LogP contribution in [0.2, 0.25) is 0 Å². The predicted molar refractivity (Wildman–Crippen MR) is 140 cm³/mol. The quantitative estimate of drug-likeness (QED) is 0.233. The molecule has 1 fully saturated rings. The number of aryl methyl sites for hydroxylation is 3. The summed E-state index contributed by atoms with van der Waals surface area (Å²) in [6, 6.07) is 24.5. The molecule has 0 aromatic heterocycles. The van der Waals surface area contributed by atoms with Crippen molar-refractivity contribution in [2.24, 2.45) is 0 Å². The Bertz CT molecular complexity index is 1080. The molecule has 3 aromatic carbocycles. The van der Waals surface area contributed by atoms with Crippen molar-refractivity contribution in [1.82, 2.24) is 4.31 Å². The second kappa shape index (κ2) is 14.0. The molecule has 187 valence electrons. The first-order chi connectivity index (χ1) is 16.3. The third kappa shape index (κ3) is 8.93. The van der Waals surface area contributed by atoms with Gasteiger partial charge in [0, 0.05) is 13.1 Å². The molecule has 0 bridgehead atoms. The van der Waals surface area contributed by atoms with E-state index in [0.717, 1.165) is 30.4 Å². The van der Waals surface area contributed by atoms with Crippen molar-refractivity contribution >= 4 is 10.2 Å². The molecule has 0 unspecified atom stereocenters. The molecular formula is C28H34N3O2RuS. The van der Waals surface area contributed by atoms with Gasteiger partial charge in [-0.15, -0.1) is 12.1 Å². The number of rotatable bonds is 6. The Labute approximate surface area is 224 Å². The van der Waals surface area contributed by atoms with Crippen LogP contribution in [0.4, 0.5) is 0 Å². The van der Waals surface area contributed by atoms with Crippen molar-refractivity contribution < 1.29 is 27.9 Å². The second-order valence-corrected chi connectivity index (χ2v) is 10.4. The van der Waals surface area contributed by atoms with Crippen LogP contribution in [0.1, 0.15) is 59.2 Å². The standard InChI is InChI=1S/C19H23N3O2S.C9H11.Ru/c20-18(16-10-4-1-5-11-16)19(17-12-6-2-7-13-17)21-25(23,24)22-14-8-3-9-15-22;1-7-4-8(2)6-9(3)5-7;/h1-2,4-7,10-13,18-20H,3,8-9,14-15H2;4-5H,1-3H3;/q-2;-1;+3/t18-,19-;;/m0../s1. The van der Waals surface area contributed by atoms with Crippen molar-refractivity contribution in [1.29, 1.82) is 0 Å². The number of nitrogens with one attached hydrogen (secondary N) is 1. The summed E-state index contributed by atoms with van der Waals surface area (Å²) in [6.07, 6.45) is 2.79. The normalized spacial score (nSPS) is 15.8. The van der Waals surface area contributed by atoms with Crippen molar-refractivity contribution in [3.05, 3.63) is 117 Å². The van der Waals surface area contributed by atoms with Gasteiger partial charge in [0.05, 0.1) is 0 Å². The van der Waals surface area contributed by atoms with Gasteiger partial charge >= 0.3 is 19.5 Å². The molecule has 1 heterocycles. The average Bonchev–Trinajstić information content (AvgIpc) is 2.83. The van der Waals surface area contributed by atoms with Gasteiger partial charge in [0.25, 0.3) is 0 Å². The summed E-state index contributed by atoms with van der Waals surface area (Å²) in [5.41, 5.74) is 13.9. The van der Waals surface area contributed by atoms with E-state index in [0.29, 0.717) is 13.1 Å². The Morgan fingerprint density at radius 3 is 1.80 bits per heavy atom. The monoisotopic (exact) mass is 578 g/mol. The van der Waals surface area contributed by atoms with Crippen LogP contribution in [-0.4, -0.2) is 25.8 Å². The molecule has 0 saturated carbocycles. The fraction of sp³-hybridized carbons (Fsp3) is 0.357. The fourth-order valence-corrected chi connectivity index (χ4v) is 5.60. The SMILES string of the molecule is Cc1[c-]c(C)cc(C)c1.[NH-][C@@H](c1ccccc1)[C@@H]([N-]S(=O)(=O)N1CCCCC1)c1ccccc1.[Ru+3]. The first-order valence-electron chi connectivity index (χ1n) is 11.8. The molecule has 3 aromatic rings. The Hall–Kier alpha value is -1.89. The molecule has 2 atom stereocenters. The fourth-order valence-electron chi connectivity index (χ4n) is 4.22. The third-order valence-corrected chi connectivity index (χ3v) is 7.30. The number of nitrogens with zero attached hydrogens (tertiary/aromatic N) is 2. The molecule has 1 aliphatic rings. The Morgan fingerprint density at radius 1 is 0.829 bits per heavy atom. The molecule has 5 nitrogen and oxygen atoms in total. The predicted octanol–water partition coefficient (Wildman–Crippen LogP) is 7.04. The topological polar surface area (TPSA) is 75.3 Å². The van der Waals surface area contributed by atoms with Gasteiger partial charge in [-0.3, -0.25) is 0 Å². The molecular weight excluding hydrogens is 543 g/mol. The number of hydrogen-bond acceptors (Lipinski definition) is 2. The van der Waals surface area contributed by atoms with Gasteiger partial charge in [-0.25, -0.2) is 12.7 Å². The maximum atomic E-state index is 12.8. The molecule has 35 heavy (non-hydrogen) atoms. The van der Waals surface area contributed by atoms with Gasteiger partial charge in [-0.2, -0.15) is 34.9 Å². The third-order valence-electron chi connectivity index (χ3n) is 5.79. The largest absolute Gasteiger partial charge is 3.00 e. The Kier molecular flexibility index (Phi) is 11.7. The van der Waals surface area contributed by atoms with E-state index in [1.54, 1.807) is 0 Å². The van der Waals surface area contributed by atoms with Crippen LogP contribution >= 0.6 is 0 Å². The molecule has 1 N–H and O–H groups in total. The van der Waals surface area contributed by atoms with Gasteiger partial charge in [0.1, 0.15) is 10.2 Å². The maximum absolute atomic E-state index is 12.8. The Morgan fingerprint density at radius 2 is 1.31 bits per heavy atom. The molecule has 0 aliphatic carbocycles. The van der Waals surface area contributed by atoms with Crippen LogP contribution < -0.4 is 0 Å². The summed E-state index contributed by atoms with van der Waals surface area (Å²) in [5.74, 6) is 0. The minimum absolute atomic E-state index is 0. The van der Waals surface area contributed by atoms with Crippen LogP contribution in [0, 0.1) is 26.8 Å². The number of hydrogen-bond donors (Lipinski definition) is 0. The van der Waals surface area contributed by atoms with E-state index in [4.69, 9.17) is 5.73 Å². The molecule has 1 radical (unpaired) electrons. The maximum Gasteiger partial charge on any atom is 3.00 e. The summed E-state index contributed by atoms with van der Waals surface area (Å²) in [7, 11) is -3.75. The summed E-state index contributed by atoms with van der Waals surface area (Å²) in [4.78, 5) is 0. The van der Waals surface area contributed by atoms with Crippen LogP contribution in [0.5, 0.6) is 0 Å². The van der Waals surface area contributed by atoms with E-state index in [1.165, 1.54) is 21.0 Å². The first-order valence-corrected chi connectivity index (χ1v) is 13.2. The van der Waals surface area contributed by atoms with E-state index in [2.05, 4.69) is 43.7 Å². The smallest absolute Gasteiger partial charge is 0.672 e. The minimum Gasteiger partial charge on any atom is -0.672 e. The van der Waals surface area contributed by atoms with Crippen LogP contribution in [0.25, 0.3) is 10.5 Å². The summed E-state index contributed by atoms with van der Waals surface area (Å²) < 4.78 is 31.2. The van der Waals surface area contributed by atoms with E-state index in [-0.39, 0.29) is 19.5 Å². The zero-order chi connectivity index (χ0) is 24.6. The summed E-state index contributed by atoms with van der Waals surface area (Å²) in [5, 5.41) is 0. The van der Waals surface area contributed by atoms with Crippen molar-refractivity contribution in [3.63, 3.8) is 0 Å². The molecule has 1 aliphatic heterocycles. The molecule has 4 rings (SSSR count). The van der Waals surface area contributed by atoms with E-state index in [9.17, 15) is 8.42 Å². The second-order valence-electron chi connectivity index (χ2n) is 8.81. The van der Waals surface area contributed by atoms with Crippen LogP contribution in [-0.2, 0) is 29.7 Å². The zero-order valence-electron chi connectivity index (χ0n) is 20.6. The van der Waals surface area contributed by atoms with E-state index in [1.807, 2.05) is 60.7 Å². The first kappa shape index (κ1) is 29.3. The van der Waals surface area contributed by atoms with E-state index < -0.39 is 22.3 Å². The molecule has 7 heteroatoms. The van der Waals surface area contributed by atoms with Gasteiger partial charge in [-0.1, -0.05) is 99.0 Å². The number of benzene rings is 3. The molecule has 0 spiro atoms.